The molecule has 0 aromatic carbocycles. The second kappa shape index (κ2) is 9.21. The van der Waals surface area contributed by atoms with Crippen LogP contribution in [0.2, 0.25) is 0 Å². The third kappa shape index (κ3) is 5.07. The molecule has 1 N–H and O–H groups in total. The molecule has 0 atom stereocenters. The van der Waals surface area contributed by atoms with Crippen molar-refractivity contribution in [1.82, 2.24) is 24.8 Å². The number of halogens is 1. The van der Waals surface area contributed by atoms with Gasteiger partial charge in [0, 0.05) is 40.6 Å². The first-order valence-electron chi connectivity index (χ1n) is 7.43. The number of imidazole rings is 1. The molecule has 2 rings (SSSR count). The minimum Gasteiger partial charge on any atom is -0.351 e. The molecule has 0 saturated heterocycles. The molecular formula is C15H26IN7S. The van der Waals surface area contributed by atoms with Crippen molar-refractivity contribution in [3.63, 3.8) is 0 Å². The standard InChI is InChI=1S/C15H25N7S.HI/c1-11-19-12(10-23-11)9-21(5)14(16-2)17-7-13-8-18-15(20(3)4)22(13)6;/h8,10H,7,9H2,1-6H3,(H,16,17);1H. The lowest BCUT2D eigenvalue weighted by atomic mass is 10.4. The van der Waals surface area contributed by atoms with Gasteiger partial charge in [-0.3, -0.25) is 4.99 Å². The maximum atomic E-state index is 4.50. The monoisotopic (exact) mass is 463 g/mol. The molecular weight excluding hydrogens is 437 g/mol. The fourth-order valence-electron chi connectivity index (χ4n) is 2.37. The fraction of sp³-hybridized carbons (Fsp3) is 0.533. The fourth-order valence-corrected chi connectivity index (χ4v) is 2.97. The summed E-state index contributed by atoms with van der Waals surface area (Å²) in [5.41, 5.74) is 2.17. The molecule has 24 heavy (non-hydrogen) atoms. The van der Waals surface area contributed by atoms with Gasteiger partial charge in [-0.2, -0.15) is 0 Å². The third-order valence-electron chi connectivity index (χ3n) is 3.53. The lowest BCUT2D eigenvalue weighted by Gasteiger charge is -2.21. The Morgan fingerprint density at radius 1 is 1.38 bits per heavy atom. The second-order valence-electron chi connectivity index (χ2n) is 5.62. The van der Waals surface area contributed by atoms with Crippen LogP contribution in [0.25, 0.3) is 0 Å². The molecule has 9 heteroatoms. The summed E-state index contributed by atoms with van der Waals surface area (Å²) in [7, 11) is 9.80. The summed E-state index contributed by atoms with van der Waals surface area (Å²) < 4.78 is 2.07. The number of hydrogen-bond donors (Lipinski definition) is 1. The van der Waals surface area contributed by atoms with Crippen LogP contribution in [0.4, 0.5) is 5.95 Å². The van der Waals surface area contributed by atoms with Gasteiger partial charge in [0.05, 0.1) is 35.7 Å². The summed E-state index contributed by atoms with van der Waals surface area (Å²) in [6.45, 7) is 3.43. The van der Waals surface area contributed by atoms with Gasteiger partial charge in [-0.25, -0.2) is 9.97 Å². The highest BCUT2D eigenvalue weighted by atomic mass is 127. The van der Waals surface area contributed by atoms with Crippen LogP contribution in [-0.2, 0) is 20.1 Å². The van der Waals surface area contributed by atoms with Crippen LogP contribution in [0.15, 0.2) is 16.6 Å². The summed E-state index contributed by atoms with van der Waals surface area (Å²) in [6.07, 6.45) is 1.89. The molecule has 0 aliphatic rings. The van der Waals surface area contributed by atoms with Crippen LogP contribution in [0, 0.1) is 6.92 Å². The average Bonchev–Trinajstić information content (AvgIpc) is 3.06. The van der Waals surface area contributed by atoms with Crippen molar-refractivity contribution < 1.29 is 0 Å². The zero-order chi connectivity index (χ0) is 17.0. The van der Waals surface area contributed by atoms with E-state index in [1.807, 2.05) is 46.2 Å². The Morgan fingerprint density at radius 3 is 2.58 bits per heavy atom. The van der Waals surface area contributed by atoms with E-state index in [4.69, 9.17) is 0 Å². The summed E-state index contributed by atoms with van der Waals surface area (Å²) in [4.78, 5) is 17.3. The van der Waals surface area contributed by atoms with Gasteiger partial charge < -0.3 is 19.7 Å². The van der Waals surface area contributed by atoms with E-state index in [1.165, 1.54) is 0 Å². The van der Waals surface area contributed by atoms with Gasteiger partial charge in [-0.1, -0.05) is 0 Å². The maximum absolute atomic E-state index is 4.50. The molecule has 0 bridgehead atoms. The van der Waals surface area contributed by atoms with E-state index in [1.54, 1.807) is 18.4 Å². The molecule has 2 heterocycles. The molecule has 0 saturated carbocycles. The number of anilines is 1. The van der Waals surface area contributed by atoms with Gasteiger partial charge in [0.15, 0.2) is 5.96 Å². The SMILES string of the molecule is CN=C(NCc1cnc(N(C)C)n1C)N(C)Cc1csc(C)n1.I. The van der Waals surface area contributed by atoms with Gasteiger partial charge in [0.2, 0.25) is 5.95 Å². The molecule has 0 unspecified atom stereocenters. The first kappa shape index (κ1) is 20.7. The zero-order valence-corrected chi connectivity index (χ0v) is 18.2. The summed E-state index contributed by atoms with van der Waals surface area (Å²) in [5, 5.41) is 6.55. The average molecular weight is 463 g/mol. The highest BCUT2D eigenvalue weighted by Crippen LogP contribution is 2.12. The first-order valence-corrected chi connectivity index (χ1v) is 8.31. The molecule has 0 aliphatic heterocycles. The number of aromatic nitrogens is 3. The second-order valence-corrected chi connectivity index (χ2v) is 6.68. The van der Waals surface area contributed by atoms with Crippen molar-refractivity contribution in [2.24, 2.45) is 12.0 Å². The van der Waals surface area contributed by atoms with Gasteiger partial charge in [-0.05, 0) is 6.92 Å². The molecule has 2 aromatic heterocycles. The van der Waals surface area contributed by atoms with Crippen LogP contribution in [-0.4, -0.2) is 53.6 Å². The molecule has 0 amide bonds. The highest BCUT2D eigenvalue weighted by Gasteiger charge is 2.11. The number of hydrogen-bond acceptors (Lipinski definition) is 5. The van der Waals surface area contributed by atoms with E-state index < -0.39 is 0 Å². The van der Waals surface area contributed by atoms with Crippen LogP contribution in [0.1, 0.15) is 16.4 Å². The van der Waals surface area contributed by atoms with E-state index in [0.717, 1.165) is 34.8 Å². The third-order valence-corrected chi connectivity index (χ3v) is 4.35. The predicted octanol–water partition coefficient (Wildman–Crippen LogP) is 2.08. The number of thiazole rings is 1. The molecule has 2 aromatic rings. The Bertz CT molecular complexity index is 677. The first-order chi connectivity index (χ1) is 10.9. The molecule has 7 nitrogen and oxygen atoms in total. The summed E-state index contributed by atoms with van der Waals surface area (Å²) >= 11 is 1.67. The lowest BCUT2D eigenvalue weighted by Crippen LogP contribution is -2.38. The van der Waals surface area contributed by atoms with Crippen LogP contribution < -0.4 is 10.2 Å². The van der Waals surface area contributed by atoms with E-state index in [9.17, 15) is 0 Å². The van der Waals surface area contributed by atoms with Gasteiger partial charge in [0.25, 0.3) is 0 Å². The quantitative estimate of drug-likeness (QED) is 0.418. The molecule has 0 spiro atoms. The number of aliphatic imine (C=N–C) groups is 1. The Kier molecular flexibility index (Phi) is 7.94. The van der Waals surface area contributed by atoms with Crippen molar-refractivity contribution in [2.75, 3.05) is 33.1 Å². The highest BCUT2D eigenvalue weighted by molar-refractivity contribution is 14.0. The van der Waals surface area contributed by atoms with E-state index in [0.29, 0.717) is 6.54 Å². The maximum Gasteiger partial charge on any atom is 0.204 e. The summed E-state index contributed by atoms with van der Waals surface area (Å²) in [6, 6.07) is 0. The largest absolute Gasteiger partial charge is 0.351 e. The Balaban J connectivity index is 0.00000288. The Morgan fingerprint density at radius 2 is 2.08 bits per heavy atom. The zero-order valence-electron chi connectivity index (χ0n) is 15.1. The van der Waals surface area contributed by atoms with Crippen molar-refractivity contribution in [3.8, 4) is 0 Å². The predicted molar refractivity (Wildman–Crippen MR) is 111 cm³/mol. The van der Waals surface area contributed by atoms with Crippen molar-refractivity contribution in [3.05, 3.63) is 28.0 Å². The smallest absolute Gasteiger partial charge is 0.204 e. The topological polar surface area (TPSA) is 61.6 Å². The number of nitrogens with zero attached hydrogens (tertiary/aromatic N) is 6. The van der Waals surface area contributed by atoms with Crippen molar-refractivity contribution in [2.45, 2.75) is 20.0 Å². The number of guanidine groups is 1. The molecule has 134 valence electrons. The summed E-state index contributed by atoms with van der Waals surface area (Å²) in [5.74, 6) is 1.77. The Labute approximate surface area is 164 Å². The van der Waals surface area contributed by atoms with E-state index in [-0.39, 0.29) is 24.0 Å². The van der Waals surface area contributed by atoms with Gasteiger partial charge in [0.1, 0.15) is 0 Å². The molecule has 0 radical (unpaired) electrons. The molecule has 0 fully saturated rings. The van der Waals surface area contributed by atoms with Crippen LogP contribution in [0.3, 0.4) is 0 Å². The lowest BCUT2D eigenvalue weighted by molar-refractivity contribution is 0.469. The minimum absolute atomic E-state index is 0. The normalized spacial score (nSPS) is 11.2. The van der Waals surface area contributed by atoms with E-state index >= 15 is 0 Å². The molecule has 0 aliphatic carbocycles. The number of rotatable bonds is 5. The van der Waals surface area contributed by atoms with Crippen molar-refractivity contribution >= 4 is 47.2 Å². The van der Waals surface area contributed by atoms with Crippen molar-refractivity contribution in [1.29, 1.82) is 0 Å². The minimum atomic E-state index is 0. The number of nitrogens with one attached hydrogen (secondary N) is 1. The van der Waals surface area contributed by atoms with Crippen LogP contribution in [0.5, 0.6) is 0 Å². The Hall–Kier alpha value is -1.36. The van der Waals surface area contributed by atoms with Gasteiger partial charge >= 0.3 is 0 Å². The number of aryl methyl sites for hydroxylation is 1. The van der Waals surface area contributed by atoms with E-state index in [2.05, 4.69) is 35.1 Å². The van der Waals surface area contributed by atoms with Gasteiger partial charge in [-0.15, -0.1) is 35.3 Å². The van der Waals surface area contributed by atoms with Crippen LogP contribution >= 0.6 is 35.3 Å².